The van der Waals surface area contributed by atoms with Gasteiger partial charge < -0.3 is 4.74 Å². The van der Waals surface area contributed by atoms with Gasteiger partial charge in [0.15, 0.2) is 0 Å². The van der Waals surface area contributed by atoms with Gasteiger partial charge in [0, 0.05) is 4.88 Å². The van der Waals surface area contributed by atoms with Crippen LogP contribution in [0.15, 0.2) is 17.2 Å². The molecular weight excluding hydrogens is 264 g/mol. The van der Waals surface area contributed by atoms with Crippen molar-refractivity contribution in [2.24, 2.45) is 5.92 Å². The minimum absolute atomic E-state index is 0.0939. The molecule has 19 heavy (non-hydrogen) atoms. The predicted molar refractivity (Wildman–Crippen MR) is 74.4 cm³/mol. The average molecular weight is 280 g/mol. The lowest BCUT2D eigenvalue weighted by Gasteiger charge is -2.08. The second-order valence-electron chi connectivity index (χ2n) is 4.83. The number of fused-ring (bicyclic) bond motifs is 1. The fourth-order valence-corrected chi connectivity index (χ4v) is 2.48. The van der Waals surface area contributed by atoms with Crippen LogP contribution in [0.2, 0.25) is 0 Å². The molecule has 0 saturated carbocycles. The molecule has 0 aliphatic rings. The summed E-state index contributed by atoms with van der Waals surface area (Å²) in [5.74, 6) is -0.135. The van der Waals surface area contributed by atoms with Gasteiger partial charge in [0.25, 0.3) is 5.56 Å². The van der Waals surface area contributed by atoms with E-state index in [1.165, 1.54) is 22.2 Å². The highest BCUT2D eigenvalue weighted by atomic mass is 32.1. The molecule has 5 nitrogen and oxygen atoms in total. The van der Waals surface area contributed by atoms with Gasteiger partial charge in [-0.05, 0) is 18.9 Å². The third kappa shape index (κ3) is 3.20. The highest BCUT2D eigenvalue weighted by Gasteiger charge is 2.11. The summed E-state index contributed by atoms with van der Waals surface area (Å²) in [7, 11) is 0. The third-order valence-electron chi connectivity index (χ3n) is 2.52. The fraction of sp³-hybridized carbons (Fsp3) is 0.462. The second-order valence-corrected chi connectivity index (χ2v) is 6.07. The molecule has 0 bridgehead atoms. The van der Waals surface area contributed by atoms with E-state index in [0.29, 0.717) is 16.8 Å². The standard InChI is InChI=1S/C13H16N2O3S/c1-8(2)6-18-11(16)5-15-7-14-12-10(13(15)17)4-9(3)19-12/h4,7-8H,5-6H2,1-3H3. The van der Waals surface area contributed by atoms with E-state index in [0.717, 1.165) is 4.88 Å². The topological polar surface area (TPSA) is 61.2 Å². The summed E-state index contributed by atoms with van der Waals surface area (Å²) in [4.78, 5) is 29.7. The van der Waals surface area contributed by atoms with Crippen LogP contribution in [0.3, 0.4) is 0 Å². The lowest BCUT2D eigenvalue weighted by Crippen LogP contribution is -2.26. The van der Waals surface area contributed by atoms with Crippen molar-refractivity contribution in [2.45, 2.75) is 27.3 Å². The largest absolute Gasteiger partial charge is 0.464 e. The van der Waals surface area contributed by atoms with E-state index >= 15 is 0 Å². The number of hydrogen-bond acceptors (Lipinski definition) is 5. The zero-order chi connectivity index (χ0) is 14.0. The third-order valence-corrected chi connectivity index (χ3v) is 3.48. The normalized spacial score (nSPS) is 11.2. The Kier molecular flexibility index (Phi) is 3.99. The van der Waals surface area contributed by atoms with E-state index < -0.39 is 5.97 Å². The Labute approximate surface area is 114 Å². The number of hydrogen-bond donors (Lipinski definition) is 0. The van der Waals surface area contributed by atoms with Crippen molar-refractivity contribution in [1.29, 1.82) is 0 Å². The maximum atomic E-state index is 12.1. The quantitative estimate of drug-likeness (QED) is 0.803. The minimum atomic E-state index is -0.413. The molecule has 0 atom stereocenters. The first-order valence-corrected chi connectivity index (χ1v) is 6.90. The van der Waals surface area contributed by atoms with Gasteiger partial charge in [0.05, 0.1) is 18.3 Å². The molecule has 2 aromatic rings. The van der Waals surface area contributed by atoms with E-state index in [1.807, 2.05) is 20.8 Å². The number of carbonyl (C=O) groups excluding carboxylic acids is 1. The van der Waals surface area contributed by atoms with Gasteiger partial charge in [-0.2, -0.15) is 0 Å². The fourth-order valence-electron chi connectivity index (χ4n) is 1.64. The number of esters is 1. The van der Waals surface area contributed by atoms with Crippen molar-refractivity contribution in [3.8, 4) is 0 Å². The van der Waals surface area contributed by atoms with Gasteiger partial charge in [0.1, 0.15) is 11.4 Å². The SMILES string of the molecule is Cc1cc2c(=O)n(CC(=O)OCC(C)C)cnc2s1. The van der Waals surface area contributed by atoms with Crippen LogP contribution in [0.1, 0.15) is 18.7 Å². The smallest absolute Gasteiger partial charge is 0.326 e. The summed E-state index contributed by atoms with van der Waals surface area (Å²) in [6.45, 7) is 6.11. The van der Waals surface area contributed by atoms with Gasteiger partial charge >= 0.3 is 5.97 Å². The summed E-state index contributed by atoms with van der Waals surface area (Å²) in [5, 5.41) is 0.557. The van der Waals surface area contributed by atoms with Crippen LogP contribution in [0, 0.1) is 12.8 Å². The molecule has 0 amide bonds. The molecule has 2 rings (SSSR count). The van der Waals surface area contributed by atoms with E-state index in [1.54, 1.807) is 6.07 Å². The van der Waals surface area contributed by atoms with E-state index in [4.69, 9.17) is 4.74 Å². The van der Waals surface area contributed by atoms with Crippen LogP contribution < -0.4 is 5.56 Å². The number of carbonyl (C=O) groups is 1. The first kappa shape index (κ1) is 13.7. The number of aromatic nitrogens is 2. The van der Waals surface area contributed by atoms with Crippen LogP contribution >= 0.6 is 11.3 Å². The Morgan fingerprint density at radius 1 is 1.53 bits per heavy atom. The Morgan fingerprint density at radius 3 is 2.95 bits per heavy atom. The first-order valence-electron chi connectivity index (χ1n) is 6.08. The van der Waals surface area contributed by atoms with E-state index in [9.17, 15) is 9.59 Å². The van der Waals surface area contributed by atoms with E-state index in [-0.39, 0.29) is 18.0 Å². The van der Waals surface area contributed by atoms with Crippen molar-refractivity contribution < 1.29 is 9.53 Å². The molecule has 0 N–H and O–H groups in total. The first-order chi connectivity index (χ1) is 8.97. The molecule has 0 unspecified atom stereocenters. The summed E-state index contributed by atoms with van der Waals surface area (Å²) >= 11 is 1.47. The molecule has 0 fully saturated rings. The van der Waals surface area contributed by atoms with Gasteiger partial charge in [-0.1, -0.05) is 13.8 Å². The lowest BCUT2D eigenvalue weighted by atomic mass is 10.2. The van der Waals surface area contributed by atoms with Crippen LogP contribution in [0.4, 0.5) is 0 Å². The van der Waals surface area contributed by atoms with Crippen molar-refractivity contribution in [3.05, 3.63) is 27.6 Å². The molecular formula is C13H16N2O3S. The van der Waals surface area contributed by atoms with Crippen molar-refractivity contribution >= 4 is 27.5 Å². The molecule has 0 aliphatic heterocycles. The minimum Gasteiger partial charge on any atom is -0.464 e. The highest BCUT2D eigenvalue weighted by Crippen LogP contribution is 2.19. The molecule has 2 heterocycles. The summed E-state index contributed by atoms with van der Waals surface area (Å²) in [6.07, 6.45) is 1.40. The van der Waals surface area contributed by atoms with Crippen molar-refractivity contribution in [3.63, 3.8) is 0 Å². The number of ether oxygens (including phenoxy) is 1. The summed E-state index contributed by atoms with van der Waals surface area (Å²) < 4.78 is 6.34. The van der Waals surface area contributed by atoms with Crippen LogP contribution in [-0.2, 0) is 16.1 Å². The van der Waals surface area contributed by atoms with Crippen LogP contribution in [-0.4, -0.2) is 22.1 Å². The van der Waals surface area contributed by atoms with Crippen LogP contribution in [0.5, 0.6) is 0 Å². The van der Waals surface area contributed by atoms with Gasteiger partial charge in [-0.3, -0.25) is 14.2 Å². The molecule has 0 spiro atoms. The highest BCUT2D eigenvalue weighted by molar-refractivity contribution is 7.18. The maximum absolute atomic E-state index is 12.1. The average Bonchev–Trinajstić information content (AvgIpc) is 2.72. The number of rotatable bonds is 4. The number of aryl methyl sites for hydroxylation is 1. The second kappa shape index (κ2) is 5.52. The van der Waals surface area contributed by atoms with Crippen molar-refractivity contribution in [1.82, 2.24) is 9.55 Å². The Morgan fingerprint density at radius 2 is 2.26 bits per heavy atom. The maximum Gasteiger partial charge on any atom is 0.326 e. The zero-order valence-corrected chi connectivity index (χ0v) is 12.0. The van der Waals surface area contributed by atoms with Gasteiger partial charge in [-0.15, -0.1) is 11.3 Å². The van der Waals surface area contributed by atoms with Crippen LogP contribution in [0.25, 0.3) is 10.2 Å². The summed E-state index contributed by atoms with van der Waals surface area (Å²) in [5.41, 5.74) is -0.198. The number of thiophene rings is 1. The molecule has 0 aromatic carbocycles. The summed E-state index contributed by atoms with van der Waals surface area (Å²) in [6, 6.07) is 1.80. The van der Waals surface area contributed by atoms with E-state index in [2.05, 4.69) is 4.98 Å². The zero-order valence-electron chi connectivity index (χ0n) is 11.2. The molecule has 0 aliphatic carbocycles. The van der Waals surface area contributed by atoms with Gasteiger partial charge in [-0.25, -0.2) is 4.98 Å². The molecule has 0 saturated heterocycles. The van der Waals surface area contributed by atoms with Crippen molar-refractivity contribution in [2.75, 3.05) is 6.61 Å². The lowest BCUT2D eigenvalue weighted by molar-refractivity contribution is -0.145. The van der Waals surface area contributed by atoms with Gasteiger partial charge in [0.2, 0.25) is 0 Å². The molecule has 0 radical (unpaired) electrons. The Hall–Kier alpha value is -1.69. The predicted octanol–water partition coefficient (Wildman–Crippen LogP) is 1.97. The number of nitrogens with zero attached hydrogens (tertiary/aromatic N) is 2. The molecule has 2 aromatic heterocycles. The molecule has 6 heteroatoms. The Balaban J connectivity index is 2.19. The molecule has 102 valence electrons. The Bertz CT molecular complexity index is 657. The monoisotopic (exact) mass is 280 g/mol.